The molecule has 1 heterocycles. The van der Waals surface area contributed by atoms with Crippen LogP contribution in [-0.4, -0.2) is 27.8 Å². The van der Waals surface area contributed by atoms with Gasteiger partial charge >= 0.3 is 12.1 Å². The van der Waals surface area contributed by atoms with E-state index in [9.17, 15) is 14.7 Å². The van der Waals surface area contributed by atoms with Gasteiger partial charge in [0.25, 0.3) is 0 Å². The number of aromatic carboxylic acids is 1. The molecule has 1 fully saturated rings. The van der Waals surface area contributed by atoms with Crippen LogP contribution in [0.3, 0.4) is 0 Å². The Labute approximate surface area is 117 Å². The number of carboxylic acid groups (broad SMARTS) is 1. The summed E-state index contributed by atoms with van der Waals surface area (Å²) >= 11 is 0. The minimum Gasteiger partial charge on any atom is -0.478 e. The fourth-order valence-corrected chi connectivity index (χ4v) is 1.82. The number of carbonyl (C=O) groups is 2. The highest BCUT2D eigenvalue weighted by Crippen LogP contribution is 2.40. The van der Waals surface area contributed by atoms with Crippen molar-refractivity contribution in [3.8, 4) is 0 Å². The maximum absolute atomic E-state index is 11.6. The zero-order chi connectivity index (χ0) is 14.9. The van der Waals surface area contributed by atoms with Gasteiger partial charge in [0.15, 0.2) is 0 Å². The highest BCUT2D eigenvalue weighted by atomic mass is 16.6. The number of nitrogens with zero attached hydrogens (tertiary/aromatic N) is 1. The van der Waals surface area contributed by atoms with Crippen molar-refractivity contribution in [3.05, 3.63) is 23.5 Å². The van der Waals surface area contributed by atoms with Crippen molar-refractivity contribution in [2.75, 3.05) is 5.32 Å². The molecule has 20 heavy (non-hydrogen) atoms. The molecule has 1 aliphatic rings. The average Bonchev–Trinajstić information content (AvgIpc) is 3.09. The normalized spacial score (nSPS) is 14.8. The molecule has 1 aliphatic carbocycles. The van der Waals surface area contributed by atoms with Crippen LogP contribution in [0.1, 0.15) is 55.6 Å². The number of aromatic nitrogens is 1. The molecule has 0 unspecified atom stereocenters. The molecule has 0 radical (unpaired) electrons. The van der Waals surface area contributed by atoms with Gasteiger partial charge in [0.1, 0.15) is 5.60 Å². The number of nitrogens with one attached hydrogen (secondary N) is 1. The molecule has 0 spiro atoms. The quantitative estimate of drug-likeness (QED) is 0.887. The highest BCUT2D eigenvalue weighted by Gasteiger charge is 2.30. The summed E-state index contributed by atoms with van der Waals surface area (Å²) in [5, 5.41) is 11.7. The third kappa shape index (κ3) is 3.69. The number of pyridine rings is 1. The monoisotopic (exact) mass is 278 g/mol. The Balaban J connectivity index is 2.15. The number of hydrogen-bond donors (Lipinski definition) is 2. The summed E-state index contributed by atoms with van der Waals surface area (Å²) in [5.74, 6) is -0.802. The van der Waals surface area contributed by atoms with Gasteiger partial charge < -0.3 is 9.84 Å². The molecule has 0 atom stereocenters. The smallest absolute Gasteiger partial charge is 0.412 e. The van der Waals surface area contributed by atoms with Gasteiger partial charge in [-0.25, -0.2) is 9.59 Å². The van der Waals surface area contributed by atoms with Gasteiger partial charge in [0.2, 0.25) is 0 Å². The Hall–Kier alpha value is -2.11. The first-order valence-corrected chi connectivity index (χ1v) is 6.49. The van der Waals surface area contributed by atoms with Gasteiger partial charge in [-0.15, -0.1) is 0 Å². The molecule has 1 saturated carbocycles. The number of carboxylic acids is 1. The first-order chi connectivity index (χ1) is 9.26. The summed E-state index contributed by atoms with van der Waals surface area (Å²) in [7, 11) is 0. The molecule has 1 aromatic rings. The van der Waals surface area contributed by atoms with Crippen molar-refractivity contribution in [3.63, 3.8) is 0 Å². The van der Waals surface area contributed by atoms with E-state index in [0.717, 1.165) is 12.8 Å². The molecule has 108 valence electrons. The van der Waals surface area contributed by atoms with Crippen LogP contribution < -0.4 is 5.32 Å². The van der Waals surface area contributed by atoms with E-state index in [-0.39, 0.29) is 11.5 Å². The lowest BCUT2D eigenvalue weighted by atomic mass is 10.1. The average molecular weight is 278 g/mol. The summed E-state index contributed by atoms with van der Waals surface area (Å²) in [6.45, 7) is 5.26. The molecule has 0 saturated heterocycles. The van der Waals surface area contributed by atoms with Crippen molar-refractivity contribution in [2.24, 2.45) is 0 Å². The SMILES string of the molecule is CC(C)(C)OC(=O)Nc1cnc(C2CC2)c(C(=O)O)c1. The van der Waals surface area contributed by atoms with Crippen LogP contribution >= 0.6 is 0 Å². The highest BCUT2D eigenvalue weighted by molar-refractivity contribution is 5.92. The minimum absolute atomic E-state index is 0.140. The fraction of sp³-hybridized carbons (Fsp3) is 0.500. The molecule has 0 aromatic carbocycles. The predicted octanol–water partition coefficient (Wildman–Crippen LogP) is 3.00. The van der Waals surface area contributed by atoms with Crippen LogP contribution in [0.15, 0.2) is 12.3 Å². The zero-order valence-corrected chi connectivity index (χ0v) is 11.8. The van der Waals surface area contributed by atoms with Gasteiger partial charge in [-0.2, -0.15) is 0 Å². The number of ether oxygens (including phenoxy) is 1. The van der Waals surface area contributed by atoms with Gasteiger partial charge in [0.05, 0.1) is 23.1 Å². The Bertz CT molecular complexity index is 545. The molecule has 2 rings (SSSR count). The van der Waals surface area contributed by atoms with Crippen LogP contribution in [0.4, 0.5) is 10.5 Å². The number of carbonyl (C=O) groups excluding carboxylic acids is 1. The summed E-state index contributed by atoms with van der Waals surface area (Å²) < 4.78 is 5.11. The van der Waals surface area contributed by atoms with E-state index in [4.69, 9.17) is 4.74 Å². The van der Waals surface area contributed by atoms with Crippen LogP contribution in [0.25, 0.3) is 0 Å². The summed E-state index contributed by atoms with van der Waals surface area (Å²) in [5.41, 5.74) is 0.440. The maximum atomic E-state index is 11.6. The van der Waals surface area contributed by atoms with Crippen molar-refractivity contribution in [2.45, 2.75) is 45.1 Å². The molecular weight excluding hydrogens is 260 g/mol. The molecule has 1 amide bonds. The van der Waals surface area contributed by atoms with E-state index in [0.29, 0.717) is 11.4 Å². The van der Waals surface area contributed by atoms with Gasteiger partial charge in [0, 0.05) is 5.92 Å². The molecule has 2 N–H and O–H groups in total. The standard InChI is InChI=1S/C14H18N2O4/c1-14(2,3)20-13(19)16-9-6-10(12(17)18)11(15-7-9)8-4-5-8/h6-8H,4-5H2,1-3H3,(H,16,19)(H,17,18). The molecule has 0 aliphatic heterocycles. The maximum Gasteiger partial charge on any atom is 0.412 e. The van der Waals surface area contributed by atoms with Gasteiger partial charge in [-0.1, -0.05) is 0 Å². The zero-order valence-electron chi connectivity index (χ0n) is 11.8. The Morgan fingerprint density at radius 2 is 2.05 bits per heavy atom. The van der Waals surface area contributed by atoms with E-state index >= 15 is 0 Å². The van der Waals surface area contributed by atoms with E-state index in [1.165, 1.54) is 12.3 Å². The fourth-order valence-electron chi connectivity index (χ4n) is 1.82. The van der Waals surface area contributed by atoms with E-state index in [1.54, 1.807) is 20.8 Å². The van der Waals surface area contributed by atoms with E-state index < -0.39 is 17.7 Å². The summed E-state index contributed by atoms with van der Waals surface area (Å²) in [6, 6.07) is 1.42. The molecule has 0 bridgehead atoms. The second kappa shape index (κ2) is 5.11. The van der Waals surface area contributed by atoms with Crippen LogP contribution in [-0.2, 0) is 4.74 Å². The van der Waals surface area contributed by atoms with Crippen LogP contribution in [0, 0.1) is 0 Å². The molecule has 6 heteroatoms. The Morgan fingerprint density at radius 1 is 1.40 bits per heavy atom. The number of hydrogen-bond acceptors (Lipinski definition) is 4. The molecule has 6 nitrogen and oxygen atoms in total. The topological polar surface area (TPSA) is 88.5 Å². The number of anilines is 1. The second-order valence-corrected chi connectivity index (χ2v) is 5.86. The lowest BCUT2D eigenvalue weighted by Crippen LogP contribution is -2.27. The third-order valence-electron chi connectivity index (χ3n) is 2.76. The van der Waals surface area contributed by atoms with Crippen LogP contribution in [0.2, 0.25) is 0 Å². The number of rotatable bonds is 3. The molecule has 1 aromatic heterocycles. The van der Waals surface area contributed by atoms with E-state index in [2.05, 4.69) is 10.3 Å². The van der Waals surface area contributed by atoms with Crippen molar-refractivity contribution < 1.29 is 19.4 Å². The second-order valence-electron chi connectivity index (χ2n) is 5.86. The Morgan fingerprint density at radius 3 is 2.55 bits per heavy atom. The minimum atomic E-state index is -1.03. The lowest BCUT2D eigenvalue weighted by Gasteiger charge is -2.19. The number of amides is 1. The summed E-state index contributed by atoms with van der Waals surface area (Å²) in [6.07, 6.45) is 2.76. The third-order valence-corrected chi connectivity index (χ3v) is 2.76. The summed E-state index contributed by atoms with van der Waals surface area (Å²) in [4.78, 5) is 27.0. The lowest BCUT2D eigenvalue weighted by molar-refractivity contribution is 0.0632. The van der Waals surface area contributed by atoms with Crippen molar-refractivity contribution in [1.82, 2.24) is 4.98 Å². The van der Waals surface area contributed by atoms with Crippen molar-refractivity contribution >= 4 is 17.7 Å². The molecular formula is C14H18N2O4. The first-order valence-electron chi connectivity index (χ1n) is 6.49. The first kappa shape index (κ1) is 14.3. The van der Waals surface area contributed by atoms with Gasteiger partial charge in [-0.05, 0) is 39.7 Å². The van der Waals surface area contributed by atoms with Crippen LogP contribution in [0.5, 0.6) is 0 Å². The Kier molecular flexibility index (Phi) is 3.65. The largest absolute Gasteiger partial charge is 0.478 e. The predicted molar refractivity (Wildman–Crippen MR) is 73.0 cm³/mol. The van der Waals surface area contributed by atoms with E-state index in [1.807, 2.05) is 0 Å². The van der Waals surface area contributed by atoms with Gasteiger partial charge in [-0.3, -0.25) is 10.3 Å². The van der Waals surface area contributed by atoms with Crippen molar-refractivity contribution in [1.29, 1.82) is 0 Å².